The maximum Gasteiger partial charge on any atom is 0.328 e. The van der Waals surface area contributed by atoms with E-state index in [2.05, 4.69) is 31.4 Å². The van der Waals surface area contributed by atoms with Gasteiger partial charge in [-0.1, -0.05) is 81.4 Å². The fraction of sp³-hybridized carbons (Fsp3) is 0.516. The molecule has 4 aromatic rings. The van der Waals surface area contributed by atoms with Gasteiger partial charge in [0.2, 0.25) is 23.6 Å². The zero-order valence-electron chi connectivity index (χ0n) is 47.1. The van der Waals surface area contributed by atoms with Gasteiger partial charge in [0.05, 0.1) is 32.8 Å². The van der Waals surface area contributed by atoms with Gasteiger partial charge < -0.3 is 49.6 Å². The van der Waals surface area contributed by atoms with Crippen molar-refractivity contribution in [2.75, 3.05) is 37.9 Å². The van der Waals surface area contributed by atoms with E-state index in [9.17, 15) is 43.8 Å². The van der Waals surface area contributed by atoms with Crippen molar-refractivity contribution in [2.45, 2.75) is 135 Å². The summed E-state index contributed by atoms with van der Waals surface area (Å²) in [6.07, 6.45) is 2.74. The van der Waals surface area contributed by atoms with E-state index in [4.69, 9.17) is 18.9 Å². The molecule has 432 valence electrons. The molecule has 4 amide bonds. The zero-order chi connectivity index (χ0) is 57.6. The number of carbonyl (C=O) groups excluding carboxylic acids is 7. The Morgan fingerprint density at radius 1 is 0.630 bits per heavy atom. The number of rotatable bonds is 8. The van der Waals surface area contributed by atoms with Crippen molar-refractivity contribution in [1.82, 2.24) is 9.80 Å². The quantitative estimate of drug-likeness (QED) is 0.0963. The van der Waals surface area contributed by atoms with Crippen molar-refractivity contribution in [1.29, 1.82) is 0 Å². The zero-order valence-corrected chi connectivity index (χ0v) is 47.1. The minimum Gasteiger partial charge on any atom is -0.467 e. The third kappa shape index (κ3) is 13.0. The highest BCUT2D eigenvalue weighted by molar-refractivity contribution is 5.97. The summed E-state index contributed by atoms with van der Waals surface area (Å²) in [5.74, 6) is -3.24. The number of hydrogen-bond acceptors (Lipinski definition) is 13. The first-order valence-corrected chi connectivity index (χ1v) is 28.7. The van der Waals surface area contributed by atoms with Crippen LogP contribution in [0.5, 0.6) is 11.5 Å². The summed E-state index contributed by atoms with van der Waals surface area (Å²) in [6, 6.07) is 29.1. The predicted molar refractivity (Wildman–Crippen MR) is 301 cm³/mol. The van der Waals surface area contributed by atoms with Crippen molar-refractivity contribution >= 4 is 52.9 Å². The first kappa shape index (κ1) is 58.5. The topological polar surface area (TPSA) is 227 Å². The van der Waals surface area contributed by atoms with Gasteiger partial charge >= 0.3 is 17.9 Å². The number of hydrogen-bond donors (Lipinski definition) is 4. The lowest BCUT2D eigenvalue weighted by Gasteiger charge is -2.63. The van der Waals surface area contributed by atoms with Gasteiger partial charge in [-0.25, -0.2) is 9.59 Å². The Labute approximate surface area is 474 Å². The van der Waals surface area contributed by atoms with E-state index in [0.717, 1.165) is 35.3 Å². The lowest BCUT2D eigenvalue weighted by molar-refractivity contribution is -0.209. The number of benzene rings is 4. The minimum atomic E-state index is -1.20. The fourth-order valence-corrected chi connectivity index (χ4v) is 14.9. The van der Waals surface area contributed by atoms with Crippen molar-refractivity contribution in [3.63, 3.8) is 0 Å². The molecule has 4 fully saturated rings. The molecule has 16 rings (SSSR count). The molecule has 12 aliphatic rings. The normalized spacial score (nSPS) is 30.3. The Morgan fingerprint density at radius 2 is 1.14 bits per heavy atom. The van der Waals surface area contributed by atoms with Crippen LogP contribution in [0.4, 0.5) is 11.4 Å². The monoisotopic (exact) mass is 1110 g/mol. The average Bonchev–Trinajstić information content (AvgIpc) is 4.11. The van der Waals surface area contributed by atoms with Crippen LogP contribution in [0.25, 0.3) is 0 Å². The summed E-state index contributed by atoms with van der Waals surface area (Å²) in [4.78, 5) is 100. The minimum absolute atomic E-state index is 0.00524. The molecule has 4 aromatic carbocycles. The van der Waals surface area contributed by atoms with Crippen LogP contribution in [0.2, 0.25) is 0 Å². The van der Waals surface area contributed by atoms with E-state index in [1.807, 2.05) is 48.5 Å². The Kier molecular flexibility index (Phi) is 18.3. The maximum absolute atomic E-state index is 14.7. The van der Waals surface area contributed by atoms with E-state index in [1.54, 1.807) is 60.7 Å². The molecule has 4 aliphatic carbocycles. The lowest BCUT2D eigenvalue weighted by atomic mass is 9.43. The molecule has 12 bridgehead atoms. The molecular formula is C64H78N4O13. The summed E-state index contributed by atoms with van der Waals surface area (Å²) in [5, 5.41) is 30.4. The summed E-state index contributed by atoms with van der Waals surface area (Å²) in [7, 11) is 2.48. The second-order valence-electron chi connectivity index (χ2n) is 23.7. The molecule has 0 unspecified atom stereocenters. The highest BCUT2D eigenvalue weighted by atomic mass is 16.5. The summed E-state index contributed by atoms with van der Waals surface area (Å²) in [5.41, 5.74) is 1.52. The number of esters is 3. The van der Waals surface area contributed by atoms with Crippen LogP contribution in [0.1, 0.15) is 103 Å². The van der Waals surface area contributed by atoms with E-state index >= 15 is 0 Å². The fourth-order valence-electron chi connectivity index (χ4n) is 14.9. The van der Waals surface area contributed by atoms with Gasteiger partial charge in [-0.2, -0.15) is 0 Å². The van der Waals surface area contributed by atoms with Crippen LogP contribution in [0.3, 0.4) is 0 Å². The van der Waals surface area contributed by atoms with Gasteiger partial charge in [0, 0.05) is 37.1 Å². The van der Waals surface area contributed by atoms with E-state index in [1.165, 1.54) is 19.1 Å². The molecule has 0 radical (unpaired) electrons. The van der Waals surface area contributed by atoms with Crippen molar-refractivity contribution in [2.24, 2.45) is 46.3 Å². The number of aliphatic hydroxyl groups is 2. The van der Waals surface area contributed by atoms with Crippen molar-refractivity contribution in [3.8, 4) is 11.5 Å². The molecule has 81 heavy (non-hydrogen) atoms. The van der Waals surface area contributed by atoms with Crippen LogP contribution in [0.15, 0.2) is 109 Å². The second-order valence-corrected chi connectivity index (χ2v) is 23.7. The number of anilines is 2. The number of methoxy groups -OCH3 is 2. The number of ether oxygens (including phenoxy) is 4. The molecule has 13 atom stereocenters. The van der Waals surface area contributed by atoms with Gasteiger partial charge in [-0.05, 0) is 157 Å². The van der Waals surface area contributed by atoms with E-state index in [-0.39, 0.29) is 78.9 Å². The van der Waals surface area contributed by atoms with Crippen LogP contribution in [-0.2, 0) is 60.6 Å². The highest BCUT2D eigenvalue weighted by Crippen LogP contribution is 2.68. The van der Waals surface area contributed by atoms with Crippen LogP contribution >= 0.6 is 0 Å². The standard InChI is InChI=1S/C64H78N4O13/c1-39-16-27-57(73)67(51(61(76)78-4)32-40-12-8-6-9-13-40)37-55(71)65-43-17-21-45(22-18-43)80-46-23-19-44(20-24-46)66-56(72)38-68(52(62(77)79-5)33-41-14-10-7-11-15-41)58(74)28-29-59(75)81-47-30-31-63(2)42(34-47)35-53(69)60-49-26-25-48(39)64(49,3)54(70)36-50(60)63/h6-15,17-24,39,42,47-54,60,69-70H,16,25-38H2,1-5H3,(H,65,71)(H,66,72)/t39-,42+,47-,48-,49+,50+,51+,52+,53-,54+,60+,63+,64-/m1/s1. The smallest absolute Gasteiger partial charge is 0.328 e. The molecule has 17 nitrogen and oxygen atoms in total. The van der Waals surface area contributed by atoms with E-state index in [0.29, 0.717) is 55.0 Å². The number of aliphatic hydroxyl groups excluding tert-OH is 2. The molecule has 8 aliphatic heterocycles. The van der Waals surface area contributed by atoms with Crippen LogP contribution in [-0.4, -0.2) is 119 Å². The molecular weight excluding hydrogens is 1030 g/mol. The van der Waals surface area contributed by atoms with E-state index < -0.39 is 84.5 Å². The number of amides is 4. The first-order chi connectivity index (χ1) is 38.9. The van der Waals surface area contributed by atoms with Gasteiger partial charge in [-0.3, -0.25) is 24.0 Å². The molecule has 0 saturated heterocycles. The summed E-state index contributed by atoms with van der Waals surface area (Å²) in [6.45, 7) is 5.59. The average molecular weight is 1110 g/mol. The second kappa shape index (κ2) is 25.4. The van der Waals surface area contributed by atoms with Crippen molar-refractivity contribution in [3.05, 3.63) is 120 Å². The number of carbonyl (C=O) groups is 7. The van der Waals surface area contributed by atoms with Crippen molar-refractivity contribution < 1.29 is 62.7 Å². The molecule has 0 spiro atoms. The predicted octanol–water partition coefficient (Wildman–Crippen LogP) is 8.30. The highest BCUT2D eigenvalue weighted by Gasteiger charge is 2.66. The molecule has 8 heterocycles. The largest absolute Gasteiger partial charge is 0.467 e. The first-order valence-electron chi connectivity index (χ1n) is 28.7. The Morgan fingerprint density at radius 3 is 1.65 bits per heavy atom. The van der Waals surface area contributed by atoms with Crippen LogP contribution in [0, 0.1) is 46.3 Å². The Hall–Kier alpha value is -7.11. The molecule has 4 saturated carbocycles. The number of nitrogens with zero attached hydrogens (tertiary/aromatic N) is 2. The Balaban J connectivity index is 0.989. The third-order valence-electron chi connectivity index (χ3n) is 19.2. The molecule has 4 N–H and O–H groups in total. The summed E-state index contributed by atoms with van der Waals surface area (Å²) >= 11 is 0. The van der Waals surface area contributed by atoms with Gasteiger partial charge in [0.1, 0.15) is 42.8 Å². The lowest BCUT2D eigenvalue weighted by Crippen LogP contribution is -2.62. The van der Waals surface area contributed by atoms with Gasteiger partial charge in [0.25, 0.3) is 0 Å². The van der Waals surface area contributed by atoms with Crippen LogP contribution < -0.4 is 15.4 Å². The molecule has 0 aromatic heterocycles. The van der Waals surface area contributed by atoms with Gasteiger partial charge in [0.15, 0.2) is 0 Å². The molecule has 17 heteroatoms. The number of nitrogens with one attached hydrogen (secondary N) is 2. The maximum atomic E-state index is 14.7. The van der Waals surface area contributed by atoms with Gasteiger partial charge in [-0.15, -0.1) is 0 Å². The Bertz CT molecular complexity index is 2890. The third-order valence-corrected chi connectivity index (χ3v) is 19.2. The SMILES string of the molecule is COC(=O)[C@H](Cc1ccccc1)N1CC(=O)Nc2ccc(cc2)Oc2ccc(cc2)NC(=O)CN([C@@H](Cc2ccccc2)C(=O)OC)C(=O)CC[C@@H](C)[C@H]2CC[C@H]3[C@@H]4[C@H](O)C[C@@H]5C[C@@H](CC[C@]5(C)[C@H]4C[C@H](O)[C@]23C)OC(=O)CCC1=O. The summed E-state index contributed by atoms with van der Waals surface area (Å²) < 4.78 is 22.6.